The lowest BCUT2D eigenvalue weighted by atomic mass is 10.1. The van der Waals surface area contributed by atoms with Gasteiger partial charge in [0, 0.05) is 30.4 Å². The molecule has 3 heterocycles. The number of anilines is 5. The molecular formula is C23H22ClN7O. The zero-order chi connectivity index (χ0) is 21.9. The van der Waals surface area contributed by atoms with Crippen molar-refractivity contribution in [1.29, 1.82) is 0 Å². The SMILES string of the molecule is Cc1cccc2c(Nc3ccnc(Nc4ccc(Cl)c(N5CCOCC5)c4)n3)cnnc12. The Kier molecular flexibility index (Phi) is 5.70. The van der Waals surface area contributed by atoms with Crippen molar-refractivity contribution >= 4 is 51.3 Å². The first-order chi connectivity index (χ1) is 15.7. The van der Waals surface area contributed by atoms with Crippen LogP contribution in [0.2, 0.25) is 5.02 Å². The topological polar surface area (TPSA) is 88.1 Å². The van der Waals surface area contributed by atoms with E-state index in [1.807, 2.05) is 49.4 Å². The second kappa shape index (κ2) is 8.94. The molecule has 8 nitrogen and oxygen atoms in total. The number of hydrogen-bond acceptors (Lipinski definition) is 8. The number of halogens is 1. The van der Waals surface area contributed by atoms with E-state index in [9.17, 15) is 0 Å². The molecule has 1 aliphatic rings. The lowest BCUT2D eigenvalue weighted by Crippen LogP contribution is -2.36. The van der Waals surface area contributed by atoms with Crippen molar-refractivity contribution in [2.24, 2.45) is 0 Å². The molecule has 0 radical (unpaired) electrons. The third kappa shape index (κ3) is 4.28. The molecule has 2 aromatic heterocycles. The van der Waals surface area contributed by atoms with E-state index < -0.39 is 0 Å². The maximum Gasteiger partial charge on any atom is 0.229 e. The van der Waals surface area contributed by atoms with Gasteiger partial charge in [-0.2, -0.15) is 15.2 Å². The number of hydrogen-bond donors (Lipinski definition) is 2. The van der Waals surface area contributed by atoms with E-state index in [0.717, 1.165) is 46.6 Å². The van der Waals surface area contributed by atoms with Gasteiger partial charge in [-0.05, 0) is 36.8 Å². The van der Waals surface area contributed by atoms with Crippen molar-refractivity contribution in [3.05, 3.63) is 65.4 Å². The zero-order valence-electron chi connectivity index (χ0n) is 17.5. The lowest BCUT2D eigenvalue weighted by molar-refractivity contribution is 0.122. The number of aryl methyl sites for hydroxylation is 1. The molecule has 0 aliphatic carbocycles. The molecule has 0 atom stereocenters. The molecule has 1 aliphatic heterocycles. The highest BCUT2D eigenvalue weighted by molar-refractivity contribution is 6.33. The van der Waals surface area contributed by atoms with Gasteiger partial charge in [0.05, 0.1) is 41.3 Å². The molecule has 0 saturated carbocycles. The molecule has 2 aromatic carbocycles. The van der Waals surface area contributed by atoms with Crippen LogP contribution in [0, 0.1) is 6.92 Å². The van der Waals surface area contributed by atoms with Crippen LogP contribution in [0.15, 0.2) is 54.9 Å². The first-order valence-electron chi connectivity index (χ1n) is 10.4. The zero-order valence-corrected chi connectivity index (χ0v) is 18.3. The minimum Gasteiger partial charge on any atom is -0.378 e. The Morgan fingerprint density at radius 2 is 1.94 bits per heavy atom. The fourth-order valence-electron chi connectivity index (χ4n) is 3.72. The Balaban J connectivity index is 1.38. The van der Waals surface area contributed by atoms with E-state index >= 15 is 0 Å². The third-order valence-electron chi connectivity index (χ3n) is 5.34. The fraction of sp³-hybridized carbons (Fsp3) is 0.217. The van der Waals surface area contributed by atoms with Gasteiger partial charge < -0.3 is 20.3 Å². The molecule has 32 heavy (non-hydrogen) atoms. The number of morpholine rings is 1. The predicted octanol–water partition coefficient (Wildman–Crippen LogP) is 4.71. The molecule has 162 valence electrons. The summed E-state index contributed by atoms with van der Waals surface area (Å²) in [4.78, 5) is 11.2. The van der Waals surface area contributed by atoms with Gasteiger partial charge in [0.1, 0.15) is 5.82 Å². The maximum absolute atomic E-state index is 6.44. The smallest absolute Gasteiger partial charge is 0.229 e. The molecule has 0 unspecified atom stereocenters. The molecule has 0 amide bonds. The molecule has 1 saturated heterocycles. The average Bonchev–Trinajstić information content (AvgIpc) is 2.82. The van der Waals surface area contributed by atoms with Gasteiger partial charge in [0.25, 0.3) is 0 Å². The molecule has 4 aromatic rings. The summed E-state index contributed by atoms with van der Waals surface area (Å²) in [5.41, 5.74) is 4.60. The van der Waals surface area contributed by atoms with Crippen LogP contribution in [-0.2, 0) is 4.74 Å². The number of ether oxygens (including phenoxy) is 1. The number of aromatic nitrogens is 4. The van der Waals surface area contributed by atoms with Gasteiger partial charge >= 0.3 is 0 Å². The predicted molar refractivity (Wildman–Crippen MR) is 127 cm³/mol. The summed E-state index contributed by atoms with van der Waals surface area (Å²) in [6, 6.07) is 13.7. The summed E-state index contributed by atoms with van der Waals surface area (Å²) in [6.07, 6.45) is 3.41. The van der Waals surface area contributed by atoms with Crippen LogP contribution >= 0.6 is 11.6 Å². The summed E-state index contributed by atoms with van der Waals surface area (Å²) in [6.45, 7) is 5.04. The molecule has 9 heteroatoms. The number of rotatable bonds is 5. The first-order valence-corrected chi connectivity index (χ1v) is 10.8. The Hall–Kier alpha value is -3.49. The number of nitrogens with one attached hydrogen (secondary N) is 2. The molecule has 0 spiro atoms. The number of nitrogens with zero attached hydrogens (tertiary/aromatic N) is 5. The van der Waals surface area contributed by atoms with Gasteiger partial charge in [-0.1, -0.05) is 29.8 Å². The highest BCUT2D eigenvalue weighted by Crippen LogP contribution is 2.31. The Morgan fingerprint density at radius 3 is 2.81 bits per heavy atom. The van der Waals surface area contributed by atoms with Crippen LogP contribution in [0.3, 0.4) is 0 Å². The Morgan fingerprint density at radius 1 is 1.06 bits per heavy atom. The van der Waals surface area contributed by atoms with Gasteiger partial charge in [0.15, 0.2) is 0 Å². The second-order valence-corrected chi connectivity index (χ2v) is 7.92. The number of benzene rings is 2. The van der Waals surface area contributed by atoms with Gasteiger partial charge in [-0.15, -0.1) is 0 Å². The third-order valence-corrected chi connectivity index (χ3v) is 5.66. The van der Waals surface area contributed by atoms with Crippen molar-refractivity contribution in [3.8, 4) is 0 Å². The fourth-order valence-corrected chi connectivity index (χ4v) is 3.95. The first kappa shape index (κ1) is 20.4. The van der Waals surface area contributed by atoms with Crippen molar-refractivity contribution < 1.29 is 4.74 Å². The summed E-state index contributed by atoms with van der Waals surface area (Å²) < 4.78 is 5.45. The Labute approximate surface area is 190 Å². The molecule has 1 fully saturated rings. The van der Waals surface area contributed by atoms with E-state index in [4.69, 9.17) is 16.3 Å². The molecule has 2 N–H and O–H groups in total. The van der Waals surface area contributed by atoms with Crippen molar-refractivity contribution in [1.82, 2.24) is 20.2 Å². The van der Waals surface area contributed by atoms with Gasteiger partial charge in [-0.3, -0.25) is 0 Å². The second-order valence-electron chi connectivity index (χ2n) is 7.51. The molecular weight excluding hydrogens is 426 g/mol. The quantitative estimate of drug-likeness (QED) is 0.455. The number of fused-ring (bicyclic) bond motifs is 1. The molecule has 5 rings (SSSR count). The van der Waals surface area contributed by atoms with E-state index in [1.54, 1.807) is 12.4 Å². The van der Waals surface area contributed by atoms with Crippen LogP contribution in [0.4, 0.5) is 28.8 Å². The standard InChI is InChI=1S/C23H22ClN7O/c1-15-3-2-4-17-19(14-26-30-22(15)17)28-21-7-8-25-23(29-21)27-16-5-6-18(24)20(13-16)31-9-11-32-12-10-31/h2-8,13-14H,9-12H2,1H3,(H2,25,27,28,29,30). The highest BCUT2D eigenvalue weighted by Gasteiger charge is 2.15. The molecule has 0 bridgehead atoms. The van der Waals surface area contributed by atoms with Crippen LogP contribution in [-0.4, -0.2) is 46.5 Å². The van der Waals surface area contributed by atoms with E-state index in [1.165, 1.54) is 0 Å². The average molecular weight is 448 g/mol. The summed E-state index contributed by atoms with van der Waals surface area (Å²) in [5.74, 6) is 1.13. The largest absolute Gasteiger partial charge is 0.378 e. The monoisotopic (exact) mass is 447 g/mol. The van der Waals surface area contributed by atoms with E-state index in [0.29, 0.717) is 30.0 Å². The van der Waals surface area contributed by atoms with E-state index in [-0.39, 0.29) is 0 Å². The maximum atomic E-state index is 6.44. The van der Waals surface area contributed by atoms with Gasteiger partial charge in [0.2, 0.25) is 5.95 Å². The summed E-state index contributed by atoms with van der Waals surface area (Å²) in [7, 11) is 0. The van der Waals surface area contributed by atoms with Crippen molar-refractivity contribution in [3.63, 3.8) is 0 Å². The minimum absolute atomic E-state index is 0.479. The van der Waals surface area contributed by atoms with Crippen LogP contribution in [0.5, 0.6) is 0 Å². The minimum atomic E-state index is 0.479. The van der Waals surface area contributed by atoms with Crippen LogP contribution in [0.1, 0.15) is 5.56 Å². The summed E-state index contributed by atoms with van der Waals surface area (Å²) >= 11 is 6.44. The summed E-state index contributed by atoms with van der Waals surface area (Å²) in [5, 5.41) is 16.7. The lowest BCUT2D eigenvalue weighted by Gasteiger charge is -2.29. The van der Waals surface area contributed by atoms with Crippen molar-refractivity contribution in [2.45, 2.75) is 6.92 Å². The van der Waals surface area contributed by atoms with Gasteiger partial charge in [-0.25, -0.2) is 4.98 Å². The van der Waals surface area contributed by atoms with Crippen LogP contribution in [0.25, 0.3) is 10.9 Å². The highest BCUT2D eigenvalue weighted by atomic mass is 35.5. The van der Waals surface area contributed by atoms with Crippen molar-refractivity contribution in [2.75, 3.05) is 41.8 Å². The van der Waals surface area contributed by atoms with Crippen LogP contribution < -0.4 is 15.5 Å². The Bertz CT molecular complexity index is 1260. The normalized spacial score (nSPS) is 13.9. The van der Waals surface area contributed by atoms with E-state index in [2.05, 4.69) is 35.7 Å².